The third-order valence-corrected chi connectivity index (χ3v) is 27.6. The maximum Gasteiger partial charge on any atom is 0.0543 e. The fourth-order valence-electron chi connectivity index (χ4n) is 21.9. The molecule has 0 N–H and O–H groups in total. The molecular formula is C114H100N4. The van der Waals surface area contributed by atoms with Gasteiger partial charge in [-0.05, 0) is 306 Å². The first-order valence-electron chi connectivity index (χ1n) is 42.8. The van der Waals surface area contributed by atoms with E-state index in [1.165, 1.54) is 216 Å². The molecule has 4 aliphatic rings. The van der Waals surface area contributed by atoms with Crippen molar-refractivity contribution >= 4 is 133 Å². The molecule has 0 atom stereocenters. The van der Waals surface area contributed by atoms with Gasteiger partial charge in [0.25, 0.3) is 0 Å². The summed E-state index contributed by atoms with van der Waals surface area (Å²) >= 11 is 0. The topological polar surface area (TPSA) is 13.0 Å². The number of benzene rings is 18. The number of hydrogen-bond acceptors (Lipinski definition) is 4. The van der Waals surface area contributed by atoms with Crippen LogP contribution >= 0.6 is 0 Å². The first kappa shape index (κ1) is 72.9. The summed E-state index contributed by atoms with van der Waals surface area (Å²) in [4.78, 5) is 10.2. The largest absolute Gasteiger partial charge is 0.310 e. The molecule has 0 aromatic heterocycles. The number of anilines is 12. The van der Waals surface area contributed by atoms with Crippen molar-refractivity contribution in [3.05, 3.63) is 382 Å². The van der Waals surface area contributed by atoms with Crippen molar-refractivity contribution < 1.29 is 0 Å². The number of aryl methyl sites for hydroxylation is 5. The number of para-hydroxylation sites is 4. The monoisotopic (exact) mass is 1520 g/mol. The van der Waals surface area contributed by atoms with Crippen LogP contribution in [0.2, 0.25) is 0 Å². The van der Waals surface area contributed by atoms with Crippen molar-refractivity contribution in [2.45, 2.75) is 143 Å². The highest BCUT2D eigenvalue weighted by Gasteiger charge is 2.43. The second kappa shape index (κ2) is 27.2. The Kier molecular flexibility index (Phi) is 16.8. The lowest BCUT2D eigenvalue weighted by Crippen LogP contribution is -2.24. The number of hydrogen-bond donors (Lipinski definition) is 0. The zero-order valence-electron chi connectivity index (χ0n) is 70.2. The number of rotatable bonds is 13. The van der Waals surface area contributed by atoms with Crippen molar-refractivity contribution in [1.29, 1.82) is 0 Å². The number of fused-ring (bicyclic) bond motifs is 6. The van der Waals surface area contributed by atoms with Crippen molar-refractivity contribution in [3.8, 4) is 22.3 Å². The molecule has 0 aliphatic heterocycles. The third kappa shape index (κ3) is 11.1. The van der Waals surface area contributed by atoms with Gasteiger partial charge < -0.3 is 19.6 Å². The summed E-state index contributed by atoms with van der Waals surface area (Å²) < 4.78 is 0. The SMILES string of the molecule is Cc1cc(N(c2ccccc2)c2cccc3c2C(C)(C)c2ccccc2-3)c2cc3c4c(cc(N(c5ccccc5)c5cccc6c5C(C)(C)c5ccccc5-6)c5ccc1c2c54)CCC3(C)C.Cc1cccc(N(c2ccccc2)c2cc(C(C)C)c3ccc4c(N(c5ccccc5)c5cccc(C)c5)cc5c6c(cc2c3c46)C(C)(C)CC5)c1. The maximum atomic E-state index is 2.61. The summed E-state index contributed by atoms with van der Waals surface area (Å²) in [7, 11) is 0. The minimum absolute atomic E-state index is 0.0200. The Morgan fingerprint density at radius 1 is 0.254 bits per heavy atom. The van der Waals surface area contributed by atoms with E-state index >= 15 is 0 Å². The lowest BCUT2D eigenvalue weighted by atomic mass is 9.70. The van der Waals surface area contributed by atoms with Crippen molar-refractivity contribution in [2.75, 3.05) is 19.6 Å². The number of nitrogens with zero attached hydrogens (tertiary/aromatic N) is 4. The quantitative estimate of drug-likeness (QED) is 0.107. The minimum Gasteiger partial charge on any atom is -0.310 e. The molecule has 0 saturated carbocycles. The molecule has 4 heteroatoms. The Morgan fingerprint density at radius 3 is 1.03 bits per heavy atom. The fraction of sp³-hybridized carbons (Fsp3) is 0.193. The molecule has 576 valence electrons. The molecule has 4 aliphatic carbocycles. The lowest BCUT2D eigenvalue weighted by molar-refractivity contribution is 0.475. The van der Waals surface area contributed by atoms with Gasteiger partial charge in [-0.3, -0.25) is 0 Å². The molecular weight excluding hydrogens is 1430 g/mol. The molecule has 4 nitrogen and oxygen atoms in total. The van der Waals surface area contributed by atoms with Gasteiger partial charge in [-0.15, -0.1) is 0 Å². The minimum atomic E-state index is -0.194. The van der Waals surface area contributed by atoms with Crippen molar-refractivity contribution in [3.63, 3.8) is 0 Å². The Labute approximate surface area is 695 Å². The van der Waals surface area contributed by atoms with Crippen LogP contribution in [0.1, 0.15) is 155 Å². The van der Waals surface area contributed by atoms with Crippen molar-refractivity contribution in [1.82, 2.24) is 0 Å². The van der Waals surface area contributed by atoms with E-state index in [-0.39, 0.29) is 21.7 Å². The summed E-state index contributed by atoms with van der Waals surface area (Å²) in [5.41, 5.74) is 36.0. The van der Waals surface area contributed by atoms with E-state index in [2.05, 4.69) is 425 Å². The van der Waals surface area contributed by atoms with Gasteiger partial charge in [0.15, 0.2) is 0 Å². The molecule has 0 saturated heterocycles. The summed E-state index contributed by atoms with van der Waals surface area (Å²) in [6.07, 6.45) is 4.28. The Balaban J connectivity index is 0.000000151. The van der Waals surface area contributed by atoms with E-state index in [1.807, 2.05) is 0 Å². The fourth-order valence-corrected chi connectivity index (χ4v) is 21.9. The Hall–Kier alpha value is -12.8. The first-order valence-corrected chi connectivity index (χ1v) is 42.8. The molecule has 0 bridgehead atoms. The predicted molar refractivity (Wildman–Crippen MR) is 505 cm³/mol. The van der Waals surface area contributed by atoms with Crippen LogP contribution in [-0.4, -0.2) is 0 Å². The summed E-state index contributed by atoms with van der Waals surface area (Å²) in [6, 6.07) is 119. The average Bonchev–Trinajstić information content (AvgIpc) is 0.934. The van der Waals surface area contributed by atoms with Crippen LogP contribution in [0.5, 0.6) is 0 Å². The zero-order valence-corrected chi connectivity index (χ0v) is 70.2. The van der Waals surface area contributed by atoms with Crippen LogP contribution in [0.25, 0.3) is 86.9 Å². The van der Waals surface area contributed by atoms with Gasteiger partial charge in [-0.25, -0.2) is 0 Å². The highest BCUT2D eigenvalue weighted by atomic mass is 15.2. The van der Waals surface area contributed by atoms with Gasteiger partial charge in [0, 0.05) is 77.3 Å². The van der Waals surface area contributed by atoms with Crippen molar-refractivity contribution in [2.24, 2.45) is 0 Å². The molecule has 22 rings (SSSR count). The first-order chi connectivity index (χ1) is 57.1. The standard InChI is InChI=1S/C64H54N2.C50H46N2/c1-39-36-55(65(41-20-10-8-11-21-41)53-30-18-26-46-44-24-14-16-28-50(44)63(4,5)60(46)53)49-38-52-57-40(34-35-62(52,2)3)37-56(48-33-32-43(39)58(49)59(48)57)66(42-22-12-9-13-23-42)54-31-19-27-47-45-25-15-17-29-51(45)64(6,7)61(47)54;1-32(2)42-31-46(52(37-19-11-8-12-20-37)39-22-14-16-34(4)28-39)43-30-44-47-35(25-26-50(44,5)6)29-45(41-24-23-40(42)48(43)49(41)47)51(36-17-9-7-10-18-36)38-21-13-15-33(3)27-38/h8-33,36-38H,34-35H2,1-7H3;7-24,27-32H,25-26H2,1-6H3. The van der Waals surface area contributed by atoms with Gasteiger partial charge in [-0.2, -0.15) is 0 Å². The highest BCUT2D eigenvalue weighted by molar-refractivity contribution is 6.32. The third-order valence-electron chi connectivity index (χ3n) is 27.6. The molecule has 18 aromatic carbocycles. The molecule has 118 heavy (non-hydrogen) atoms. The summed E-state index contributed by atoms with van der Waals surface area (Å²) in [6.45, 7) is 30.9. The van der Waals surface area contributed by atoms with E-state index in [9.17, 15) is 0 Å². The molecule has 0 heterocycles. The predicted octanol–water partition coefficient (Wildman–Crippen LogP) is 32.2. The van der Waals surface area contributed by atoms with Gasteiger partial charge in [0.05, 0.1) is 34.1 Å². The van der Waals surface area contributed by atoms with Crippen LogP contribution in [-0.2, 0) is 34.5 Å². The lowest BCUT2D eigenvalue weighted by Gasteiger charge is -2.38. The van der Waals surface area contributed by atoms with E-state index in [4.69, 9.17) is 0 Å². The van der Waals surface area contributed by atoms with Gasteiger partial charge >= 0.3 is 0 Å². The molecule has 0 unspecified atom stereocenters. The van der Waals surface area contributed by atoms with E-state index in [0.29, 0.717) is 5.92 Å². The second-order valence-electron chi connectivity index (χ2n) is 36.8. The smallest absolute Gasteiger partial charge is 0.0543 e. The normalized spacial score (nSPS) is 14.9. The average molecular weight is 1530 g/mol. The Bertz CT molecular complexity index is 7060. The zero-order chi connectivity index (χ0) is 80.6. The maximum absolute atomic E-state index is 2.61. The van der Waals surface area contributed by atoms with Gasteiger partial charge in [-0.1, -0.05) is 263 Å². The highest BCUT2D eigenvalue weighted by Crippen LogP contribution is 2.62. The summed E-state index contributed by atoms with van der Waals surface area (Å²) in [5.74, 6) is 0.342. The second-order valence-corrected chi connectivity index (χ2v) is 36.8. The van der Waals surface area contributed by atoms with Crippen LogP contribution in [0.15, 0.2) is 315 Å². The van der Waals surface area contributed by atoms with Crippen LogP contribution in [0.4, 0.5) is 68.2 Å². The molecule has 0 radical (unpaired) electrons. The van der Waals surface area contributed by atoms with Crippen LogP contribution in [0, 0.1) is 20.8 Å². The molecule has 0 spiro atoms. The molecule has 0 amide bonds. The van der Waals surface area contributed by atoms with E-state index < -0.39 is 0 Å². The summed E-state index contributed by atoms with van der Waals surface area (Å²) in [5, 5.41) is 16.3. The van der Waals surface area contributed by atoms with Gasteiger partial charge in [0.2, 0.25) is 0 Å². The van der Waals surface area contributed by atoms with E-state index in [0.717, 1.165) is 31.4 Å². The van der Waals surface area contributed by atoms with Crippen LogP contribution in [0.3, 0.4) is 0 Å². The molecule has 18 aromatic rings. The Morgan fingerprint density at radius 2 is 0.602 bits per heavy atom. The van der Waals surface area contributed by atoms with Crippen LogP contribution < -0.4 is 19.6 Å². The van der Waals surface area contributed by atoms with Gasteiger partial charge in [0.1, 0.15) is 0 Å². The van der Waals surface area contributed by atoms with E-state index in [1.54, 1.807) is 0 Å². The molecule has 0 fully saturated rings.